The lowest BCUT2D eigenvalue weighted by Crippen LogP contribution is -2.57. The number of pyridine rings is 1. The quantitative estimate of drug-likeness (QED) is 0.853. The molecule has 1 aromatic rings. The van der Waals surface area contributed by atoms with E-state index < -0.39 is 15.6 Å². The van der Waals surface area contributed by atoms with Gasteiger partial charge in [0, 0.05) is 12.7 Å². The van der Waals surface area contributed by atoms with E-state index in [2.05, 4.69) is 10.3 Å². The standard InChI is InChI=1S/C12H17N3O4S/c1-12(9-15(6-7-19-12)20(2,17)18)11(16)14-10-4-3-5-13-8-10/h3-5,8H,6-7,9H2,1-2H3,(H,14,16)/t12-/m1/s1. The number of rotatable bonds is 3. The first-order chi connectivity index (χ1) is 9.31. The van der Waals surface area contributed by atoms with E-state index >= 15 is 0 Å². The van der Waals surface area contributed by atoms with E-state index in [1.165, 1.54) is 10.5 Å². The molecule has 1 atom stereocenters. The highest BCUT2D eigenvalue weighted by Crippen LogP contribution is 2.21. The third kappa shape index (κ3) is 3.33. The van der Waals surface area contributed by atoms with Crippen molar-refractivity contribution in [1.29, 1.82) is 0 Å². The number of amides is 1. The lowest BCUT2D eigenvalue weighted by molar-refractivity contribution is -0.146. The van der Waals surface area contributed by atoms with Gasteiger partial charge in [-0.25, -0.2) is 8.42 Å². The molecule has 0 aromatic carbocycles. The van der Waals surface area contributed by atoms with Crippen molar-refractivity contribution in [2.24, 2.45) is 0 Å². The lowest BCUT2D eigenvalue weighted by atomic mass is 10.0. The van der Waals surface area contributed by atoms with Crippen LogP contribution in [0, 0.1) is 0 Å². The second-order valence-electron chi connectivity index (χ2n) is 4.87. The molecule has 1 fully saturated rings. The maximum absolute atomic E-state index is 12.3. The van der Waals surface area contributed by atoms with Crippen molar-refractivity contribution < 1.29 is 17.9 Å². The van der Waals surface area contributed by atoms with Crippen LogP contribution in [0.1, 0.15) is 6.92 Å². The van der Waals surface area contributed by atoms with Crippen LogP contribution >= 0.6 is 0 Å². The van der Waals surface area contributed by atoms with Crippen LogP contribution in [0.5, 0.6) is 0 Å². The molecule has 0 bridgehead atoms. The first kappa shape index (κ1) is 14.9. The number of nitrogens with zero attached hydrogens (tertiary/aromatic N) is 2. The fourth-order valence-electron chi connectivity index (χ4n) is 1.95. The van der Waals surface area contributed by atoms with Gasteiger partial charge in [-0.15, -0.1) is 0 Å². The molecule has 0 spiro atoms. The highest BCUT2D eigenvalue weighted by Gasteiger charge is 2.41. The van der Waals surface area contributed by atoms with Crippen molar-refractivity contribution in [3.63, 3.8) is 0 Å². The average molecular weight is 299 g/mol. The Morgan fingerprint density at radius 1 is 1.55 bits per heavy atom. The number of aromatic nitrogens is 1. The van der Waals surface area contributed by atoms with Crippen LogP contribution in [0.2, 0.25) is 0 Å². The number of carbonyl (C=O) groups excluding carboxylic acids is 1. The molecule has 20 heavy (non-hydrogen) atoms. The molecule has 1 aliphatic rings. The molecule has 2 heterocycles. The Kier molecular flexibility index (Phi) is 4.07. The number of anilines is 1. The molecule has 8 heteroatoms. The SMILES string of the molecule is C[C@]1(C(=O)Nc2cccnc2)CN(S(C)(=O)=O)CCO1. The van der Waals surface area contributed by atoms with Gasteiger partial charge >= 0.3 is 0 Å². The summed E-state index contributed by atoms with van der Waals surface area (Å²) in [6.07, 6.45) is 4.23. The molecule has 1 saturated heterocycles. The summed E-state index contributed by atoms with van der Waals surface area (Å²) in [4.78, 5) is 16.2. The van der Waals surface area contributed by atoms with Crippen LogP contribution in [0.25, 0.3) is 0 Å². The van der Waals surface area contributed by atoms with Gasteiger partial charge in [0.15, 0.2) is 5.60 Å². The van der Waals surface area contributed by atoms with Crippen LogP contribution in [-0.4, -0.2) is 55.2 Å². The largest absolute Gasteiger partial charge is 0.363 e. The first-order valence-electron chi connectivity index (χ1n) is 6.12. The first-order valence-corrected chi connectivity index (χ1v) is 7.97. The molecule has 110 valence electrons. The molecular formula is C12H17N3O4S. The highest BCUT2D eigenvalue weighted by molar-refractivity contribution is 7.88. The van der Waals surface area contributed by atoms with Gasteiger partial charge in [-0.2, -0.15) is 4.31 Å². The molecule has 7 nitrogen and oxygen atoms in total. The second kappa shape index (κ2) is 5.47. The van der Waals surface area contributed by atoms with Crippen LogP contribution in [-0.2, 0) is 19.6 Å². The molecule has 1 amide bonds. The normalized spacial score (nSPS) is 24.3. The van der Waals surface area contributed by atoms with Crippen molar-refractivity contribution in [3.05, 3.63) is 24.5 Å². The van der Waals surface area contributed by atoms with Crippen molar-refractivity contribution in [2.75, 3.05) is 31.3 Å². The lowest BCUT2D eigenvalue weighted by Gasteiger charge is -2.37. The minimum absolute atomic E-state index is 0.00205. The Hall–Kier alpha value is -1.51. The average Bonchev–Trinajstić information content (AvgIpc) is 2.39. The monoisotopic (exact) mass is 299 g/mol. The second-order valence-corrected chi connectivity index (χ2v) is 6.85. The fraction of sp³-hybridized carbons (Fsp3) is 0.500. The zero-order chi connectivity index (χ0) is 14.8. The fourth-order valence-corrected chi connectivity index (χ4v) is 2.84. The zero-order valence-corrected chi connectivity index (χ0v) is 12.2. The number of hydrogen-bond donors (Lipinski definition) is 1. The molecule has 1 aliphatic heterocycles. The van der Waals surface area contributed by atoms with Gasteiger partial charge in [0.25, 0.3) is 5.91 Å². The topological polar surface area (TPSA) is 88.6 Å². The number of carbonyl (C=O) groups is 1. The molecule has 2 rings (SSSR count). The van der Waals surface area contributed by atoms with Gasteiger partial charge in [-0.3, -0.25) is 9.78 Å². The predicted octanol–water partition coefficient (Wildman–Crippen LogP) is 0.0706. The molecule has 0 radical (unpaired) electrons. The van der Waals surface area contributed by atoms with Gasteiger partial charge < -0.3 is 10.1 Å². The van der Waals surface area contributed by atoms with E-state index in [1.807, 2.05) is 0 Å². The van der Waals surface area contributed by atoms with Gasteiger partial charge in [0.1, 0.15) is 0 Å². The van der Waals surface area contributed by atoms with Gasteiger partial charge in [-0.05, 0) is 19.1 Å². The molecule has 1 aromatic heterocycles. The van der Waals surface area contributed by atoms with Crippen molar-refractivity contribution in [2.45, 2.75) is 12.5 Å². The molecule has 0 saturated carbocycles. The van der Waals surface area contributed by atoms with Gasteiger partial charge in [-0.1, -0.05) is 0 Å². The Morgan fingerprint density at radius 3 is 2.90 bits per heavy atom. The smallest absolute Gasteiger partial charge is 0.257 e. The Bertz CT molecular complexity index is 590. The molecule has 0 unspecified atom stereocenters. The number of hydrogen-bond acceptors (Lipinski definition) is 5. The number of morpholine rings is 1. The Morgan fingerprint density at radius 2 is 2.30 bits per heavy atom. The highest BCUT2D eigenvalue weighted by atomic mass is 32.2. The van der Waals surface area contributed by atoms with E-state index in [-0.39, 0.29) is 25.6 Å². The summed E-state index contributed by atoms with van der Waals surface area (Å²) in [5, 5.41) is 2.68. The summed E-state index contributed by atoms with van der Waals surface area (Å²) in [6.45, 7) is 2.02. The minimum atomic E-state index is -3.34. The maximum Gasteiger partial charge on any atom is 0.257 e. The van der Waals surface area contributed by atoms with E-state index in [0.29, 0.717) is 5.69 Å². The molecule has 1 N–H and O–H groups in total. The summed E-state index contributed by atoms with van der Waals surface area (Å²) < 4.78 is 29.9. The van der Waals surface area contributed by atoms with E-state index in [4.69, 9.17) is 4.74 Å². The third-order valence-electron chi connectivity index (χ3n) is 3.11. The third-order valence-corrected chi connectivity index (χ3v) is 4.36. The summed E-state index contributed by atoms with van der Waals surface area (Å²) in [5.74, 6) is -0.390. The zero-order valence-electron chi connectivity index (χ0n) is 11.4. The number of sulfonamides is 1. The van der Waals surface area contributed by atoms with Crippen LogP contribution in [0.15, 0.2) is 24.5 Å². The summed E-state index contributed by atoms with van der Waals surface area (Å²) >= 11 is 0. The molecule has 0 aliphatic carbocycles. The molecular weight excluding hydrogens is 282 g/mol. The van der Waals surface area contributed by atoms with Crippen LogP contribution < -0.4 is 5.32 Å². The summed E-state index contributed by atoms with van der Waals surface area (Å²) in [5.41, 5.74) is -0.671. The van der Waals surface area contributed by atoms with Gasteiger partial charge in [0.2, 0.25) is 10.0 Å². The predicted molar refractivity (Wildman–Crippen MR) is 73.6 cm³/mol. The van der Waals surface area contributed by atoms with Crippen molar-refractivity contribution in [1.82, 2.24) is 9.29 Å². The van der Waals surface area contributed by atoms with E-state index in [9.17, 15) is 13.2 Å². The number of nitrogens with one attached hydrogen (secondary N) is 1. The van der Waals surface area contributed by atoms with Crippen molar-refractivity contribution in [3.8, 4) is 0 Å². The van der Waals surface area contributed by atoms with Crippen LogP contribution in [0.4, 0.5) is 5.69 Å². The van der Waals surface area contributed by atoms with Gasteiger partial charge in [0.05, 0.1) is 31.3 Å². The van der Waals surface area contributed by atoms with Crippen molar-refractivity contribution >= 4 is 21.6 Å². The summed E-state index contributed by atoms with van der Waals surface area (Å²) in [7, 11) is -3.34. The van der Waals surface area contributed by atoms with Crippen LogP contribution in [0.3, 0.4) is 0 Å². The minimum Gasteiger partial charge on any atom is -0.363 e. The van der Waals surface area contributed by atoms with E-state index in [0.717, 1.165) is 6.26 Å². The number of ether oxygens (including phenoxy) is 1. The van der Waals surface area contributed by atoms with E-state index in [1.54, 1.807) is 25.3 Å². The maximum atomic E-state index is 12.3. The summed E-state index contributed by atoms with van der Waals surface area (Å²) in [6, 6.07) is 3.40. The Labute approximate surface area is 118 Å². The Balaban J connectivity index is 2.12.